The molecule has 1 N–H and O–H groups in total. The van der Waals surface area contributed by atoms with Crippen LogP contribution >= 0.6 is 27.3 Å². The van der Waals surface area contributed by atoms with E-state index in [1.54, 1.807) is 29.5 Å². The van der Waals surface area contributed by atoms with Crippen LogP contribution in [-0.2, 0) is 10.0 Å². The van der Waals surface area contributed by atoms with Crippen LogP contribution in [0, 0.1) is 6.92 Å². The first-order chi connectivity index (χ1) is 8.90. The zero-order valence-electron chi connectivity index (χ0n) is 10.6. The Labute approximate surface area is 125 Å². The van der Waals surface area contributed by atoms with Gasteiger partial charge in [-0.2, -0.15) is 11.3 Å². The molecule has 1 atom stereocenters. The highest BCUT2D eigenvalue weighted by Crippen LogP contribution is 2.25. The second-order valence-corrected chi connectivity index (χ2v) is 7.65. The fraction of sp³-hybridized carbons (Fsp3) is 0.231. The summed E-state index contributed by atoms with van der Waals surface area (Å²) in [5.41, 5.74) is 1.98. The van der Waals surface area contributed by atoms with Crippen molar-refractivity contribution < 1.29 is 8.42 Å². The Morgan fingerprint density at radius 3 is 2.63 bits per heavy atom. The predicted octanol–water partition coefficient (Wildman–Crippen LogP) is 3.86. The molecule has 0 aliphatic carbocycles. The van der Waals surface area contributed by atoms with Crippen LogP contribution < -0.4 is 4.72 Å². The van der Waals surface area contributed by atoms with Gasteiger partial charge in [0.2, 0.25) is 10.0 Å². The number of rotatable bonds is 4. The van der Waals surface area contributed by atoms with Crippen LogP contribution in [-0.4, -0.2) is 8.42 Å². The molecule has 0 saturated heterocycles. The van der Waals surface area contributed by atoms with Gasteiger partial charge in [0, 0.05) is 10.5 Å². The lowest BCUT2D eigenvalue weighted by molar-refractivity contribution is 0.566. The van der Waals surface area contributed by atoms with E-state index in [0.717, 1.165) is 11.1 Å². The molecule has 0 bridgehead atoms. The highest BCUT2D eigenvalue weighted by atomic mass is 79.9. The maximum absolute atomic E-state index is 12.3. The summed E-state index contributed by atoms with van der Waals surface area (Å²) in [6.45, 7) is 3.75. The average Bonchev–Trinajstić information content (AvgIpc) is 2.80. The van der Waals surface area contributed by atoms with Gasteiger partial charge in [-0.3, -0.25) is 0 Å². The van der Waals surface area contributed by atoms with Gasteiger partial charge in [0.25, 0.3) is 0 Å². The molecule has 102 valence electrons. The third kappa shape index (κ3) is 3.45. The largest absolute Gasteiger partial charge is 0.242 e. The molecule has 2 rings (SSSR count). The smallest absolute Gasteiger partial charge is 0.207 e. The zero-order chi connectivity index (χ0) is 14.0. The van der Waals surface area contributed by atoms with Crippen LogP contribution in [0.2, 0.25) is 0 Å². The number of thiophene rings is 1. The van der Waals surface area contributed by atoms with Crippen molar-refractivity contribution in [3.8, 4) is 0 Å². The van der Waals surface area contributed by atoms with E-state index in [1.807, 2.05) is 30.7 Å². The lowest BCUT2D eigenvalue weighted by atomic mass is 10.2. The van der Waals surface area contributed by atoms with Gasteiger partial charge in [-0.1, -0.05) is 6.07 Å². The highest BCUT2D eigenvalue weighted by Gasteiger charge is 2.21. The Hall–Kier alpha value is -0.690. The van der Waals surface area contributed by atoms with E-state index < -0.39 is 10.0 Å². The van der Waals surface area contributed by atoms with E-state index in [-0.39, 0.29) is 10.9 Å². The molecule has 1 aromatic heterocycles. The van der Waals surface area contributed by atoms with Crippen molar-refractivity contribution in [2.24, 2.45) is 0 Å². The molecule has 0 amide bonds. The topological polar surface area (TPSA) is 46.2 Å². The van der Waals surface area contributed by atoms with Crippen molar-refractivity contribution in [3.63, 3.8) is 0 Å². The quantitative estimate of drug-likeness (QED) is 0.900. The van der Waals surface area contributed by atoms with Crippen LogP contribution in [0.3, 0.4) is 0 Å². The van der Waals surface area contributed by atoms with Gasteiger partial charge in [-0.05, 0) is 69.9 Å². The molecule has 0 aliphatic heterocycles. The number of hydrogen-bond donors (Lipinski definition) is 1. The maximum atomic E-state index is 12.3. The molecule has 3 nitrogen and oxygen atoms in total. The minimum Gasteiger partial charge on any atom is -0.207 e. The second-order valence-electron chi connectivity index (χ2n) is 4.33. The van der Waals surface area contributed by atoms with E-state index in [1.165, 1.54) is 0 Å². The Balaban J connectivity index is 2.28. The first kappa shape index (κ1) is 14.7. The summed E-state index contributed by atoms with van der Waals surface area (Å²) in [6.07, 6.45) is 0. The summed E-state index contributed by atoms with van der Waals surface area (Å²) in [5, 5.41) is 3.87. The maximum Gasteiger partial charge on any atom is 0.242 e. The number of aryl methyl sites for hydroxylation is 1. The molecule has 19 heavy (non-hydrogen) atoms. The van der Waals surface area contributed by atoms with Gasteiger partial charge in [-0.15, -0.1) is 0 Å². The van der Waals surface area contributed by atoms with Crippen LogP contribution in [0.15, 0.2) is 44.4 Å². The van der Waals surface area contributed by atoms with Gasteiger partial charge < -0.3 is 0 Å². The predicted molar refractivity (Wildman–Crippen MR) is 81.9 cm³/mol. The van der Waals surface area contributed by atoms with Gasteiger partial charge in [0.05, 0.1) is 4.90 Å². The molecule has 0 spiro atoms. The number of sulfonamides is 1. The monoisotopic (exact) mass is 359 g/mol. The van der Waals surface area contributed by atoms with E-state index in [4.69, 9.17) is 0 Å². The van der Waals surface area contributed by atoms with Gasteiger partial charge in [0.1, 0.15) is 0 Å². The molecule has 2 aromatic rings. The molecule has 0 radical (unpaired) electrons. The second kappa shape index (κ2) is 5.75. The van der Waals surface area contributed by atoms with Crippen LogP contribution in [0.4, 0.5) is 0 Å². The van der Waals surface area contributed by atoms with Gasteiger partial charge in [0.15, 0.2) is 0 Å². The molecule has 0 saturated carbocycles. The summed E-state index contributed by atoms with van der Waals surface area (Å²) >= 11 is 4.86. The highest BCUT2D eigenvalue weighted by molar-refractivity contribution is 9.10. The number of nitrogens with one attached hydrogen (secondary N) is 1. The van der Waals surface area contributed by atoms with Crippen molar-refractivity contribution in [2.75, 3.05) is 0 Å². The number of hydrogen-bond acceptors (Lipinski definition) is 3. The molecular formula is C13H14BrNO2S2. The normalized spacial score (nSPS) is 13.4. The minimum absolute atomic E-state index is 0.246. The summed E-state index contributed by atoms with van der Waals surface area (Å²) in [4.78, 5) is 0.264. The molecule has 0 aliphatic rings. The van der Waals surface area contributed by atoms with Crippen molar-refractivity contribution in [1.29, 1.82) is 0 Å². The molecule has 1 aromatic carbocycles. The van der Waals surface area contributed by atoms with Crippen molar-refractivity contribution in [2.45, 2.75) is 24.8 Å². The Bertz CT molecular complexity index is 666. The fourth-order valence-corrected chi connectivity index (χ4v) is 4.89. The Kier molecular flexibility index (Phi) is 4.45. The van der Waals surface area contributed by atoms with E-state index in [0.29, 0.717) is 4.47 Å². The lowest BCUT2D eigenvalue weighted by Crippen LogP contribution is -2.26. The zero-order valence-corrected chi connectivity index (χ0v) is 13.8. The fourth-order valence-electron chi connectivity index (χ4n) is 1.71. The first-order valence-electron chi connectivity index (χ1n) is 5.71. The lowest BCUT2D eigenvalue weighted by Gasteiger charge is -2.14. The van der Waals surface area contributed by atoms with Crippen LogP contribution in [0.25, 0.3) is 0 Å². The first-order valence-corrected chi connectivity index (χ1v) is 8.92. The average molecular weight is 360 g/mol. The molecular weight excluding hydrogens is 346 g/mol. The van der Waals surface area contributed by atoms with Crippen LogP contribution in [0.5, 0.6) is 0 Å². The number of benzene rings is 1. The van der Waals surface area contributed by atoms with Crippen LogP contribution in [0.1, 0.15) is 24.1 Å². The molecule has 0 fully saturated rings. The Morgan fingerprint density at radius 1 is 1.32 bits per heavy atom. The van der Waals surface area contributed by atoms with E-state index in [9.17, 15) is 8.42 Å². The number of halogens is 1. The van der Waals surface area contributed by atoms with Gasteiger partial charge >= 0.3 is 0 Å². The summed E-state index contributed by atoms with van der Waals surface area (Å²) < 4.78 is 27.9. The summed E-state index contributed by atoms with van der Waals surface area (Å²) in [5.74, 6) is 0. The standard InChI is InChI=1S/C13H14BrNO2S2/c1-9-3-4-13(12(14)7-9)19(16,17)15-10(2)11-5-6-18-8-11/h3-8,10,15H,1-2H3. The Morgan fingerprint density at radius 2 is 2.05 bits per heavy atom. The summed E-state index contributed by atoms with van der Waals surface area (Å²) in [7, 11) is -3.53. The minimum atomic E-state index is -3.53. The summed E-state index contributed by atoms with van der Waals surface area (Å²) in [6, 6.07) is 6.87. The van der Waals surface area contributed by atoms with Gasteiger partial charge in [-0.25, -0.2) is 13.1 Å². The third-order valence-electron chi connectivity index (χ3n) is 2.75. The van der Waals surface area contributed by atoms with Crippen molar-refractivity contribution in [1.82, 2.24) is 4.72 Å². The SMILES string of the molecule is Cc1ccc(S(=O)(=O)NC(C)c2ccsc2)c(Br)c1. The third-order valence-corrected chi connectivity index (χ3v) is 5.97. The van der Waals surface area contributed by atoms with E-state index >= 15 is 0 Å². The van der Waals surface area contributed by atoms with Crippen molar-refractivity contribution in [3.05, 3.63) is 50.6 Å². The molecule has 1 heterocycles. The van der Waals surface area contributed by atoms with Crippen molar-refractivity contribution >= 4 is 37.3 Å². The van der Waals surface area contributed by atoms with E-state index in [2.05, 4.69) is 20.7 Å². The molecule has 6 heteroatoms. The molecule has 1 unspecified atom stereocenters.